The summed E-state index contributed by atoms with van der Waals surface area (Å²) in [6, 6.07) is 16.5. The molecule has 2 bridgehead atoms. The second-order valence-electron chi connectivity index (χ2n) is 10.6. The van der Waals surface area contributed by atoms with Crippen LogP contribution in [0.1, 0.15) is 39.2 Å². The number of benzene rings is 2. The van der Waals surface area contributed by atoms with Crippen molar-refractivity contribution in [2.24, 2.45) is 0 Å². The molecule has 0 radical (unpaired) electrons. The minimum Gasteiger partial charge on any atom is -0.543 e. The summed E-state index contributed by atoms with van der Waals surface area (Å²) >= 11 is 0. The van der Waals surface area contributed by atoms with Gasteiger partial charge in [0.15, 0.2) is 0 Å². The Hall–Kier alpha value is -2.84. The largest absolute Gasteiger partial charge is 0.543 e. The van der Waals surface area contributed by atoms with Gasteiger partial charge in [-0.25, -0.2) is 4.79 Å². The highest BCUT2D eigenvalue weighted by Gasteiger charge is 2.48. The number of amides is 3. The first-order valence-electron chi connectivity index (χ1n) is 11.9. The van der Waals surface area contributed by atoms with Gasteiger partial charge in [-0.15, -0.1) is 0 Å². The third-order valence-corrected chi connectivity index (χ3v) is 11.5. The van der Waals surface area contributed by atoms with E-state index in [-0.39, 0.29) is 23.0 Å². The van der Waals surface area contributed by atoms with E-state index < -0.39 is 14.4 Å². The summed E-state index contributed by atoms with van der Waals surface area (Å²) in [7, 11) is -1.99. The number of carbonyl (C=O) groups is 2. The van der Waals surface area contributed by atoms with E-state index in [0.717, 1.165) is 17.7 Å². The number of nitrogens with zero attached hydrogens (tertiary/aromatic N) is 2. The molecule has 7 nitrogen and oxygen atoms in total. The van der Waals surface area contributed by atoms with Crippen LogP contribution < -0.4 is 9.74 Å². The Balaban J connectivity index is 1.39. The van der Waals surface area contributed by atoms with E-state index in [1.165, 1.54) is 5.06 Å². The number of anilines is 1. The predicted molar refractivity (Wildman–Crippen MR) is 135 cm³/mol. The van der Waals surface area contributed by atoms with Crippen LogP contribution in [0.3, 0.4) is 0 Å². The lowest BCUT2D eigenvalue weighted by Gasteiger charge is -2.36. The number of hydrogen-bond donors (Lipinski definition) is 1. The van der Waals surface area contributed by atoms with Crippen LogP contribution in [0, 0.1) is 0 Å². The maximum atomic E-state index is 13.1. The summed E-state index contributed by atoms with van der Waals surface area (Å²) in [5.74, 6) is 0.576. The van der Waals surface area contributed by atoms with Gasteiger partial charge in [-0.3, -0.25) is 9.63 Å². The lowest BCUT2D eigenvalue weighted by atomic mass is 10.0. The molecule has 3 amide bonds. The van der Waals surface area contributed by atoms with Crippen molar-refractivity contribution in [2.45, 2.75) is 70.4 Å². The first-order valence-corrected chi connectivity index (χ1v) is 14.8. The van der Waals surface area contributed by atoms with Gasteiger partial charge in [0, 0.05) is 18.3 Å². The van der Waals surface area contributed by atoms with Gasteiger partial charge in [0.1, 0.15) is 18.4 Å². The molecule has 2 heterocycles. The summed E-state index contributed by atoms with van der Waals surface area (Å²) in [6.45, 7) is 11.8. The van der Waals surface area contributed by atoms with Crippen molar-refractivity contribution in [3.05, 3.63) is 60.2 Å². The zero-order valence-corrected chi connectivity index (χ0v) is 21.7. The molecule has 1 N–H and O–H groups in total. The van der Waals surface area contributed by atoms with Gasteiger partial charge in [-0.1, -0.05) is 57.2 Å². The van der Waals surface area contributed by atoms with E-state index in [9.17, 15) is 9.59 Å². The SMILES string of the molecule is CC(C)(C)[Si](C)(C)Oc1cccc(NC(=O)[C@@H]2CC[C@@H]3CN2C(=O)N3OCc2ccccc2)c1. The van der Waals surface area contributed by atoms with E-state index in [0.29, 0.717) is 25.3 Å². The van der Waals surface area contributed by atoms with Crippen LogP contribution in [0.5, 0.6) is 5.75 Å². The number of fused-ring (bicyclic) bond motifs is 2. The van der Waals surface area contributed by atoms with Crippen LogP contribution in [0.2, 0.25) is 18.1 Å². The van der Waals surface area contributed by atoms with Gasteiger partial charge in [0.25, 0.3) is 0 Å². The maximum Gasteiger partial charge on any atom is 0.345 e. The summed E-state index contributed by atoms with van der Waals surface area (Å²) in [4.78, 5) is 33.6. The molecule has 0 unspecified atom stereocenters. The normalized spacial score (nSPS) is 20.4. The van der Waals surface area contributed by atoms with Crippen molar-refractivity contribution in [2.75, 3.05) is 11.9 Å². The molecule has 8 heteroatoms. The fourth-order valence-corrected chi connectivity index (χ4v) is 5.12. The van der Waals surface area contributed by atoms with Crippen molar-refractivity contribution in [1.82, 2.24) is 9.96 Å². The number of rotatable bonds is 7. The van der Waals surface area contributed by atoms with Crippen molar-refractivity contribution >= 4 is 25.9 Å². The topological polar surface area (TPSA) is 71.1 Å². The molecule has 0 spiro atoms. The lowest BCUT2D eigenvalue weighted by Crippen LogP contribution is -2.47. The smallest absolute Gasteiger partial charge is 0.345 e. The monoisotopic (exact) mass is 481 g/mol. The standard InChI is InChI=1S/C26H35N3O4Si/c1-26(2,3)34(4,5)33-22-13-9-12-20(16-22)27-24(30)23-15-14-21-17-28(23)25(31)29(21)32-18-19-10-7-6-8-11-19/h6-13,16,21,23H,14-15,17-18H2,1-5H3,(H,27,30)/t21-,23+/m1/s1. The molecule has 4 rings (SSSR count). The van der Waals surface area contributed by atoms with Crippen molar-refractivity contribution in [3.63, 3.8) is 0 Å². The first kappa shape index (κ1) is 24.3. The van der Waals surface area contributed by atoms with Crippen LogP contribution in [0.4, 0.5) is 10.5 Å². The molecule has 2 atom stereocenters. The van der Waals surface area contributed by atoms with Crippen LogP contribution in [-0.2, 0) is 16.2 Å². The molecule has 182 valence electrons. The Morgan fingerprint density at radius 3 is 2.53 bits per heavy atom. The molecule has 0 aromatic heterocycles. The van der Waals surface area contributed by atoms with Crippen LogP contribution >= 0.6 is 0 Å². The highest BCUT2D eigenvalue weighted by Crippen LogP contribution is 2.38. The number of nitrogens with one attached hydrogen (secondary N) is 1. The van der Waals surface area contributed by atoms with Gasteiger partial charge >= 0.3 is 6.03 Å². The van der Waals surface area contributed by atoms with Gasteiger partial charge in [-0.2, -0.15) is 5.06 Å². The van der Waals surface area contributed by atoms with Crippen LogP contribution in [0.25, 0.3) is 0 Å². The fourth-order valence-electron chi connectivity index (χ4n) is 4.10. The molecule has 0 saturated carbocycles. The number of piperidine rings is 1. The Bertz CT molecular complexity index is 1040. The Morgan fingerprint density at radius 2 is 1.82 bits per heavy atom. The summed E-state index contributed by atoms with van der Waals surface area (Å²) in [5, 5.41) is 4.53. The number of hydrogen-bond acceptors (Lipinski definition) is 4. The molecular weight excluding hydrogens is 446 g/mol. The second kappa shape index (κ2) is 9.42. The van der Waals surface area contributed by atoms with Crippen LogP contribution in [0.15, 0.2) is 54.6 Å². The Morgan fingerprint density at radius 1 is 1.09 bits per heavy atom. The average Bonchev–Trinajstić information content (AvgIpc) is 3.01. The third kappa shape index (κ3) is 5.13. The minimum atomic E-state index is -1.99. The molecule has 34 heavy (non-hydrogen) atoms. The molecule has 2 aliphatic rings. The number of hydroxylamine groups is 2. The van der Waals surface area contributed by atoms with Gasteiger partial charge < -0.3 is 14.6 Å². The van der Waals surface area contributed by atoms with Gasteiger partial charge in [0.2, 0.25) is 14.2 Å². The second-order valence-corrected chi connectivity index (χ2v) is 15.4. The third-order valence-electron chi connectivity index (χ3n) is 7.12. The van der Waals surface area contributed by atoms with E-state index in [2.05, 4.69) is 39.2 Å². The van der Waals surface area contributed by atoms with Crippen LogP contribution in [-0.4, -0.2) is 48.8 Å². The molecule has 2 aromatic rings. The zero-order chi connectivity index (χ0) is 24.5. The van der Waals surface area contributed by atoms with Crippen molar-refractivity contribution < 1.29 is 18.9 Å². The number of urea groups is 1. The minimum absolute atomic E-state index is 0.0263. The predicted octanol–water partition coefficient (Wildman–Crippen LogP) is 5.41. The lowest BCUT2D eigenvalue weighted by molar-refractivity contribution is -0.140. The van der Waals surface area contributed by atoms with Crippen molar-refractivity contribution in [3.8, 4) is 5.75 Å². The highest BCUT2D eigenvalue weighted by atomic mass is 28.4. The summed E-state index contributed by atoms with van der Waals surface area (Å²) in [6.07, 6.45) is 1.33. The fraction of sp³-hybridized carbons (Fsp3) is 0.462. The van der Waals surface area contributed by atoms with Gasteiger partial charge in [0.05, 0.1) is 6.04 Å². The first-order chi connectivity index (χ1) is 16.0. The zero-order valence-electron chi connectivity index (χ0n) is 20.7. The van der Waals surface area contributed by atoms with Gasteiger partial charge in [-0.05, 0) is 48.7 Å². The molecule has 2 fully saturated rings. The van der Waals surface area contributed by atoms with Crippen molar-refractivity contribution in [1.29, 1.82) is 0 Å². The quantitative estimate of drug-likeness (QED) is 0.537. The number of carbonyl (C=O) groups excluding carboxylic acids is 2. The summed E-state index contributed by atoms with van der Waals surface area (Å²) < 4.78 is 6.38. The van der Waals surface area contributed by atoms with E-state index >= 15 is 0 Å². The Labute approximate surface area is 203 Å². The molecule has 2 aliphatic heterocycles. The average molecular weight is 482 g/mol. The van der Waals surface area contributed by atoms with E-state index in [4.69, 9.17) is 9.26 Å². The van der Waals surface area contributed by atoms with E-state index in [1.54, 1.807) is 4.90 Å². The summed E-state index contributed by atoms with van der Waals surface area (Å²) in [5.41, 5.74) is 1.67. The maximum absolute atomic E-state index is 13.1. The molecule has 2 saturated heterocycles. The highest BCUT2D eigenvalue weighted by molar-refractivity contribution is 6.74. The molecule has 2 aromatic carbocycles. The molecular formula is C26H35N3O4Si. The molecule has 0 aliphatic carbocycles. The van der Waals surface area contributed by atoms with E-state index in [1.807, 2.05) is 54.6 Å². The Kier molecular flexibility index (Phi) is 6.73.